The first-order valence-corrected chi connectivity index (χ1v) is 10.9. The van der Waals surface area contributed by atoms with Gasteiger partial charge in [-0.3, -0.25) is 19.2 Å². The number of hydrogen-bond donors (Lipinski definition) is 2. The first-order chi connectivity index (χ1) is 16.7. The minimum atomic E-state index is -1.36. The quantitative estimate of drug-likeness (QED) is 0.442. The second kappa shape index (κ2) is 11.6. The number of amides is 1. The van der Waals surface area contributed by atoms with E-state index in [0.29, 0.717) is 11.1 Å². The molecule has 2 N–H and O–H groups in total. The van der Waals surface area contributed by atoms with Gasteiger partial charge in [0.15, 0.2) is 24.5 Å². The normalized spacial score (nSPS) is 23.6. The van der Waals surface area contributed by atoms with Crippen molar-refractivity contribution in [3.8, 4) is 11.1 Å². The average Bonchev–Trinajstić information content (AvgIpc) is 2.82. The van der Waals surface area contributed by atoms with Crippen LogP contribution in [0.2, 0.25) is 0 Å². The molecule has 35 heavy (non-hydrogen) atoms. The third-order valence-electron chi connectivity index (χ3n) is 5.25. The van der Waals surface area contributed by atoms with Crippen LogP contribution < -0.4 is 5.32 Å². The van der Waals surface area contributed by atoms with E-state index in [-0.39, 0.29) is 0 Å². The molecule has 3 rings (SSSR count). The Morgan fingerprint density at radius 3 is 1.94 bits per heavy atom. The first-order valence-electron chi connectivity index (χ1n) is 10.9. The van der Waals surface area contributed by atoms with Crippen LogP contribution in [-0.2, 0) is 33.3 Å². The molecule has 2 aromatic rings. The first kappa shape index (κ1) is 25.9. The molecule has 10 nitrogen and oxygen atoms in total. The highest BCUT2D eigenvalue weighted by Crippen LogP contribution is 2.29. The summed E-state index contributed by atoms with van der Waals surface area (Å²) < 4.78 is 21.7. The summed E-state index contributed by atoms with van der Waals surface area (Å²) in [6, 6.07) is 16.1. The lowest BCUT2D eigenvalue weighted by Gasteiger charge is -2.44. The lowest BCUT2D eigenvalue weighted by atomic mass is 9.96. The molecule has 2 aromatic carbocycles. The van der Waals surface area contributed by atoms with E-state index < -0.39 is 61.1 Å². The molecule has 1 aliphatic rings. The molecule has 1 saturated heterocycles. The molecular formula is C25H27NO9. The number of carbonyl (C=O) groups is 4. The predicted molar refractivity (Wildman–Crippen MR) is 122 cm³/mol. The van der Waals surface area contributed by atoms with Crippen molar-refractivity contribution in [1.82, 2.24) is 5.32 Å². The van der Waals surface area contributed by atoms with E-state index in [2.05, 4.69) is 5.32 Å². The van der Waals surface area contributed by atoms with E-state index >= 15 is 0 Å². The fourth-order valence-corrected chi connectivity index (χ4v) is 3.92. The summed E-state index contributed by atoms with van der Waals surface area (Å²) >= 11 is 0. The average molecular weight is 485 g/mol. The third-order valence-corrected chi connectivity index (χ3v) is 5.25. The lowest BCUT2D eigenvalue weighted by molar-refractivity contribution is -0.254. The molecule has 0 aromatic heterocycles. The molecule has 0 saturated carbocycles. The van der Waals surface area contributed by atoms with E-state index in [1.165, 1.54) is 0 Å². The minimum absolute atomic E-state index is 0.315. The monoisotopic (exact) mass is 485 g/mol. The fraction of sp³-hybridized carbons (Fsp3) is 0.360. The Morgan fingerprint density at radius 1 is 0.800 bits per heavy atom. The van der Waals surface area contributed by atoms with Crippen molar-refractivity contribution in [1.29, 1.82) is 0 Å². The van der Waals surface area contributed by atoms with Crippen LogP contribution in [0.4, 0.5) is 0 Å². The van der Waals surface area contributed by atoms with Crippen LogP contribution in [-0.4, -0.2) is 66.2 Å². The van der Waals surface area contributed by atoms with Gasteiger partial charge >= 0.3 is 17.9 Å². The molecule has 0 bridgehead atoms. The Morgan fingerprint density at radius 2 is 1.34 bits per heavy atom. The van der Waals surface area contributed by atoms with Gasteiger partial charge in [-0.1, -0.05) is 48.5 Å². The van der Waals surface area contributed by atoms with Crippen molar-refractivity contribution in [3.05, 3.63) is 60.2 Å². The Labute approximate surface area is 202 Å². The maximum absolute atomic E-state index is 13.3. The Hall–Kier alpha value is -3.76. The predicted octanol–water partition coefficient (Wildman–Crippen LogP) is 1.60. The largest absolute Gasteiger partial charge is 0.456 e. The van der Waals surface area contributed by atoms with Crippen molar-refractivity contribution in [2.24, 2.45) is 0 Å². The molecule has 1 heterocycles. The molecule has 0 aliphatic carbocycles. The van der Waals surface area contributed by atoms with Gasteiger partial charge in [-0.05, 0) is 17.2 Å². The van der Waals surface area contributed by atoms with Gasteiger partial charge in [0.1, 0.15) is 6.10 Å². The summed E-state index contributed by atoms with van der Waals surface area (Å²) in [6.45, 7) is 2.76. The van der Waals surface area contributed by atoms with Gasteiger partial charge in [-0.25, -0.2) is 0 Å². The molecule has 0 radical (unpaired) electrons. The van der Waals surface area contributed by atoms with Crippen LogP contribution in [0.1, 0.15) is 31.1 Å². The second-order valence-electron chi connectivity index (χ2n) is 7.88. The molecule has 10 heteroatoms. The van der Waals surface area contributed by atoms with Crippen LogP contribution in [0, 0.1) is 0 Å². The Bertz CT molecular complexity index is 1070. The number of esters is 3. The second-order valence-corrected chi connectivity index (χ2v) is 7.88. The van der Waals surface area contributed by atoms with E-state index in [9.17, 15) is 24.3 Å². The smallest absolute Gasteiger partial charge is 0.303 e. The van der Waals surface area contributed by atoms with E-state index in [0.717, 1.165) is 26.3 Å². The van der Waals surface area contributed by atoms with E-state index in [1.807, 2.05) is 30.3 Å². The zero-order valence-corrected chi connectivity index (χ0v) is 19.5. The van der Waals surface area contributed by atoms with Gasteiger partial charge < -0.3 is 29.4 Å². The van der Waals surface area contributed by atoms with Gasteiger partial charge in [0, 0.05) is 26.3 Å². The number of aliphatic hydroxyl groups is 1. The summed E-state index contributed by atoms with van der Waals surface area (Å²) in [7, 11) is 0. The molecular weight excluding hydrogens is 458 g/mol. The fourth-order valence-electron chi connectivity index (χ4n) is 3.92. The maximum Gasteiger partial charge on any atom is 0.303 e. The Balaban J connectivity index is 1.96. The van der Waals surface area contributed by atoms with E-state index in [1.54, 1.807) is 24.3 Å². The summed E-state index contributed by atoms with van der Waals surface area (Å²) in [5, 5.41) is 12.5. The molecule has 186 valence electrons. The number of nitrogens with one attached hydrogen (secondary N) is 1. The number of hydrogen-bond acceptors (Lipinski definition) is 9. The zero-order valence-electron chi connectivity index (χ0n) is 19.5. The van der Waals surface area contributed by atoms with Crippen molar-refractivity contribution >= 4 is 23.8 Å². The molecule has 0 unspecified atom stereocenters. The number of benzene rings is 2. The number of carbonyl (C=O) groups excluding carboxylic acids is 4. The van der Waals surface area contributed by atoms with Crippen LogP contribution in [0.3, 0.4) is 0 Å². The summed E-state index contributed by atoms with van der Waals surface area (Å²) in [5.74, 6) is -2.78. The third kappa shape index (κ3) is 6.43. The SMILES string of the molecule is CC(=O)O[C@@H]1[C@@H](OC(C)=O)[C@H](NC(=O)c2ccccc2-c2ccccc2)O[C@H](CO)[C@H]1OC(C)=O. The highest BCUT2D eigenvalue weighted by Gasteiger charge is 2.52. The van der Waals surface area contributed by atoms with Crippen LogP contribution in [0.5, 0.6) is 0 Å². The maximum atomic E-state index is 13.3. The molecule has 1 fully saturated rings. The lowest BCUT2D eigenvalue weighted by Crippen LogP contribution is -2.66. The number of ether oxygens (including phenoxy) is 4. The van der Waals surface area contributed by atoms with Gasteiger partial charge in [0.25, 0.3) is 5.91 Å². The zero-order chi connectivity index (χ0) is 25.5. The van der Waals surface area contributed by atoms with Gasteiger partial charge in [0.2, 0.25) is 0 Å². The van der Waals surface area contributed by atoms with E-state index in [4.69, 9.17) is 18.9 Å². The summed E-state index contributed by atoms with van der Waals surface area (Å²) in [6.07, 6.45) is -6.50. The minimum Gasteiger partial charge on any atom is -0.456 e. The summed E-state index contributed by atoms with van der Waals surface area (Å²) in [5.41, 5.74) is 1.77. The van der Waals surface area contributed by atoms with Gasteiger partial charge in [-0.15, -0.1) is 0 Å². The molecule has 5 atom stereocenters. The standard InChI is InChI=1S/C25H27NO9/c1-14(28)32-21-20(13-27)35-25(23(34-16(3)30)22(21)33-15(2)29)26-24(31)19-12-8-7-11-18(19)17-9-5-4-6-10-17/h4-12,20-23,25,27H,13H2,1-3H3,(H,26,31)/t20-,21-,22+,23-,25-/m1/s1. The molecule has 1 aliphatic heterocycles. The van der Waals surface area contributed by atoms with Crippen LogP contribution in [0.25, 0.3) is 11.1 Å². The Kier molecular flexibility index (Phi) is 8.56. The van der Waals surface area contributed by atoms with Crippen molar-refractivity contribution in [3.63, 3.8) is 0 Å². The highest BCUT2D eigenvalue weighted by atomic mass is 16.7. The van der Waals surface area contributed by atoms with Crippen LogP contribution in [0.15, 0.2) is 54.6 Å². The van der Waals surface area contributed by atoms with Crippen molar-refractivity contribution in [2.45, 2.75) is 51.4 Å². The molecule has 0 spiro atoms. The molecule has 1 amide bonds. The highest BCUT2D eigenvalue weighted by molar-refractivity contribution is 6.01. The summed E-state index contributed by atoms with van der Waals surface area (Å²) in [4.78, 5) is 48.7. The van der Waals surface area contributed by atoms with Crippen LogP contribution >= 0.6 is 0 Å². The topological polar surface area (TPSA) is 137 Å². The van der Waals surface area contributed by atoms with Crippen molar-refractivity contribution < 1.29 is 43.2 Å². The number of aliphatic hydroxyl groups excluding tert-OH is 1. The number of rotatable bonds is 7. The van der Waals surface area contributed by atoms with Gasteiger partial charge in [0.05, 0.1) is 6.61 Å². The van der Waals surface area contributed by atoms with Gasteiger partial charge in [-0.2, -0.15) is 0 Å². The van der Waals surface area contributed by atoms with Crippen molar-refractivity contribution in [2.75, 3.05) is 6.61 Å².